The molecule has 27 heavy (non-hydrogen) atoms. The maximum absolute atomic E-state index is 12.5. The number of anilines is 2. The average Bonchev–Trinajstić information content (AvgIpc) is 3.19. The summed E-state index contributed by atoms with van der Waals surface area (Å²) in [6, 6.07) is 13.2. The first-order chi connectivity index (χ1) is 13.0. The van der Waals surface area contributed by atoms with Gasteiger partial charge in [-0.1, -0.05) is 19.1 Å². The lowest BCUT2D eigenvalue weighted by Crippen LogP contribution is -2.14. The summed E-state index contributed by atoms with van der Waals surface area (Å²) in [5.74, 6) is 0.581. The molecule has 0 aliphatic rings. The molecule has 0 unspecified atom stereocenters. The molecule has 3 rings (SSSR count). The van der Waals surface area contributed by atoms with E-state index in [1.807, 2.05) is 13.0 Å². The van der Waals surface area contributed by atoms with Crippen molar-refractivity contribution in [2.45, 2.75) is 16.2 Å². The van der Waals surface area contributed by atoms with Gasteiger partial charge in [0.2, 0.25) is 0 Å². The van der Waals surface area contributed by atoms with Gasteiger partial charge in [0.25, 0.3) is 15.9 Å². The third-order valence-electron chi connectivity index (χ3n) is 3.42. The summed E-state index contributed by atoms with van der Waals surface area (Å²) in [6.07, 6.45) is 1.60. The van der Waals surface area contributed by atoms with Crippen molar-refractivity contribution in [1.82, 2.24) is 4.98 Å². The number of nitrogens with one attached hydrogen (secondary N) is 2. The molecule has 0 saturated carbocycles. The van der Waals surface area contributed by atoms with Crippen LogP contribution in [0.5, 0.6) is 0 Å². The Kier molecular flexibility index (Phi) is 6.15. The molecule has 1 aromatic carbocycles. The molecule has 2 heterocycles. The van der Waals surface area contributed by atoms with Crippen LogP contribution in [0.2, 0.25) is 0 Å². The molecule has 0 aliphatic heterocycles. The number of rotatable bonds is 7. The topological polar surface area (TPSA) is 88.2 Å². The first-order valence-electron chi connectivity index (χ1n) is 8.04. The number of amides is 1. The molecule has 0 atom stereocenters. The van der Waals surface area contributed by atoms with E-state index in [4.69, 9.17) is 0 Å². The maximum atomic E-state index is 12.5. The quantitative estimate of drug-likeness (QED) is 0.557. The Morgan fingerprint density at radius 2 is 2.00 bits per heavy atom. The standard InChI is InChI=1S/C18H17N3O3S3/c1-2-25-16-9-8-15(12-19-16)20-18(22)13-5-3-6-14(11-13)21-27(23,24)17-7-4-10-26-17/h3-12,21H,2H2,1H3,(H,20,22). The highest BCUT2D eigenvalue weighted by Gasteiger charge is 2.16. The lowest BCUT2D eigenvalue weighted by molar-refractivity contribution is 0.102. The zero-order valence-corrected chi connectivity index (χ0v) is 16.8. The maximum Gasteiger partial charge on any atom is 0.271 e. The Labute approximate surface area is 166 Å². The smallest absolute Gasteiger partial charge is 0.271 e. The van der Waals surface area contributed by atoms with E-state index in [-0.39, 0.29) is 10.1 Å². The van der Waals surface area contributed by atoms with Gasteiger partial charge in [0.05, 0.1) is 16.9 Å². The van der Waals surface area contributed by atoms with Crippen molar-refractivity contribution in [2.24, 2.45) is 0 Å². The zero-order chi connectivity index (χ0) is 19.3. The lowest BCUT2D eigenvalue weighted by atomic mass is 10.2. The first-order valence-corrected chi connectivity index (χ1v) is 11.4. The number of hydrogen-bond acceptors (Lipinski definition) is 6. The summed E-state index contributed by atoms with van der Waals surface area (Å²) in [6.45, 7) is 2.04. The molecule has 0 aliphatic carbocycles. The van der Waals surface area contributed by atoms with Crippen molar-refractivity contribution in [3.8, 4) is 0 Å². The van der Waals surface area contributed by atoms with E-state index in [0.29, 0.717) is 16.9 Å². The summed E-state index contributed by atoms with van der Waals surface area (Å²) in [5, 5.41) is 5.34. The van der Waals surface area contributed by atoms with Crippen LogP contribution in [0.3, 0.4) is 0 Å². The van der Waals surface area contributed by atoms with Gasteiger partial charge in [0.1, 0.15) is 4.21 Å². The number of benzene rings is 1. The Bertz CT molecular complexity index is 1020. The monoisotopic (exact) mass is 419 g/mol. The second-order valence-electron chi connectivity index (χ2n) is 5.39. The highest BCUT2D eigenvalue weighted by atomic mass is 32.2. The molecule has 0 saturated heterocycles. The zero-order valence-electron chi connectivity index (χ0n) is 14.4. The number of thioether (sulfide) groups is 1. The van der Waals surface area contributed by atoms with Gasteiger partial charge in [-0.25, -0.2) is 13.4 Å². The fraction of sp³-hybridized carbons (Fsp3) is 0.111. The number of aromatic nitrogens is 1. The van der Waals surface area contributed by atoms with Gasteiger partial charge < -0.3 is 5.32 Å². The molecule has 140 valence electrons. The van der Waals surface area contributed by atoms with E-state index in [1.54, 1.807) is 53.7 Å². The average molecular weight is 420 g/mol. The molecule has 2 N–H and O–H groups in total. The molecule has 1 amide bonds. The van der Waals surface area contributed by atoms with Crippen molar-refractivity contribution in [3.05, 3.63) is 65.7 Å². The lowest BCUT2D eigenvalue weighted by Gasteiger charge is -2.09. The van der Waals surface area contributed by atoms with E-state index >= 15 is 0 Å². The summed E-state index contributed by atoms with van der Waals surface area (Å²) >= 11 is 2.74. The van der Waals surface area contributed by atoms with Crippen LogP contribution < -0.4 is 10.0 Å². The summed E-state index contributed by atoms with van der Waals surface area (Å²) in [4.78, 5) is 16.7. The second kappa shape index (κ2) is 8.55. The molecule has 0 fully saturated rings. The van der Waals surface area contributed by atoms with Gasteiger partial charge >= 0.3 is 0 Å². The Balaban J connectivity index is 1.72. The molecule has 6 nitrogen and oxygen atoms in total. The SMILES string of the molecule is CCSc1ccc(NC(=O)c2cccc(NS(=O)(=O)c3cccs3)c2)cn1. The fourth-order valence-corrected chi connectivity index (χ4v) is 4.87. The van der Waals surface area contributed by atoms with Crippen LogP contribution in [-0.2, 0) is 10.0 Å². The van der Waals surface area contributed by atoms with Crippen molar-refractivity contribution >= 4 is 50.4 Å². The number of nitrogens with zero attached hydrogens (tertiary/aromatic N) is 1. The van der Waals surface area contributed by atoms with E-state index in [1.165, 1.54) is 12.1 Å². The van der Waals surface area contributed by atoms with Crippen molar-refractivity contribution in [3.63, 3.8) is 0 Å². The van der Waals surface area contributed by atoms with E-state index in [0.717, 1.165) is 22.1 Å². The molecular formula is C18H17N3O3S3. The van der Waals surface area contributed by atoms with Gasteiger partial charge in [-0.3, -0.25) is 9.52 Å². The number of pyridine rings is 1. The van der Waals surface area contributed by atoms with Gasteiger partial charge in [-0.2, -0.15) is 0 Å². The van der Waals surface area contributed by atoms with Crippen molar-refractivity contribution < 1.29 is 13.2 Å². The van der Waals surface area contributed by atoms with Crippen LogP contribution in [0.4, 0.5) is 11.4 Å². The number of carbonyl (C=O) groups is 1. The number of thiophene rings is 1. The number of hydrogen-bond donors (Lipinski definition) is 2. The minimum Gasteiger partial charge on any atom is -0.321 e. The van der Waals surface area contributed by atoms with Crippen LogP contribution in [0.15, 0.2) is 69.3 Å². The first kappa shape index (κ1) is 19.4. The highest BCUT2D eigenvalue weighted by Crippen LogP contribution is 2.21. The van der Waals surface area contributed by atoms with Crippen molar-refractivity contribution in [1.29, 1.82) is 0 Å². The van der Waals surface area contributed by atoms with Crippen LogP contribution in [0.1, 0.15) is 17.3 Å². The van der Waals surface area contributed by atoms with Gasteiger partial charge in [-0.05, 0) is 47.5 Å². The summed E-state index contributed by atoms with van der Waals surface area (Å²) in [5.41, 5.74) is 1.24. The highest BCUT2D eigenvalue weighted by molar-refractivity contribution is 7.99. The van der Waals surface area contributed by atoms with Crippen molar-refractivity contribution in [2.75, 3.05) is 15.8 Å². The Morgan fingerprint density at radius 1 is 1.15 bits per heavy atom. The van der Waals surface area contributed by atoms with E-state index in [2.05, 4.69) is 15.0 Å². The van der Waals surface area contributed by atoms with Gasteiger partial charge in [-0.15, -0.1) is 23.1 Å². The predicted molar refractivity (Wildman–Crippen MR) is 110 cm³/mol. The summed E-state index contributed by atoms with van der Waals surface area (Å²) < 4.78 is 27.3. The number of sulfonamides is 1. The molecule has 3 aromatic rings. The largest absolute Gasteiger partial charge is 0.321 e. The van der Waals surface area contributed by atoms with Crippen LogP contribution in [0, 0.1) is 0 Å². The normalized spacial score (nSPS) is 11.1. The summed E-state index contributed by atoms with van der Waals surface area (Å²) in [7, 11) is -3.66. The predicted octanol–water partition coefficient (Wildman–Crippen LogP) is 4.31. The Hall–Kier alpha value is -2.36. The van der Waals surface area contributed by atoms with E-state index in [9.17, 15) is 13.2 Å². The number of carbonyl (C=O) groups excluding carboxylic acids is 1. The van der Waals surface area contributed by atoms with Crippen LogP contribution in [0.25, 0.3) is 0 Å². The molecule has 0 bridgehead atoms. The molecule has 9 heteroatoms. The second-order valence-corrected chi connectivity index (χ2v) is 9.53. The third kappa shape index (κ3) is 5.09. The molecule has 0 spiro atoms. The molecule has 0 radical (unpaired) electrons. The van der Waals surface area contributed by atoms with Gasteiger partial charge in [0.15, 0.2) is 0 Å². The van der Waals surface area contributed by atoms with E-state index < -0.39 is 10.0 Å². The molecular weight excluding hydrogens is 402 g/mol. The fourth-order valence-electron chi connectivity index (χ4n) is 2.24. The van der Waals surface area contributed by atoms with Crippen LogP contribution >= 0.6 is 23.1 Å². The third-order valence-corrected chi connectivity index (χ3v) is 7.03. The van der Waals surface area contributed by atoms with Gasteiger partial charge in [0, 0.05) is 11.3 Å². The Morgan fingerprint density at radius 3 is 2.67 bits per heavy atom. The molecule has 2 aromatic heterocycles. The van der Waals surface area contributed by atoms with Crippen LogP contribution in [-0.4, -0.2) is 25.1 Å². The minimum atomic E-state index is -3.66. The minimum absolute atomic E-state index is 0.216.